The highest BCUT2D eigenvalue weighted by atomic mass is 15.1. The molecule has 3 rings (SSSR count). The second kappa shape index (κ2) is 4.90. The first-order chi connectivity index (χ1) is 8.86. The fourth-order valence-corrected chi connectivity index (χ4v) is 2.62. The van der Waals surface area contributed by atoms with Crippen LogP contribution in [0.2, 0.25) is 0 Å². The number of aromatic nitrogens is 3. The predicted octanol–water partition coefficient (Wildman–Crippen LogP) is 2.04. The molecule has 4 nitrogen and oxygen atoms in total. The van der Waals surface area contributed by atoms with Crippen LogP contribution < -0.4 is 5.32 Å². The lowest BCUT2D eigenvalue weighted by Gasteiger charge is -2.24. The van der Waals surface area contributed by atoms with Gasteiger partial charge in [-0.3, -0.25) is 4.98 Å². The van der Waals surface area contributed by atoms with E-state index in [1.165, 1.54) is 24.1 Å². The largest absolute Gasteiger partial charge is 0.316 e. The van der Waals surface area contributed by atoms with E-state index in [2.05, 4.69) is 26.8 Å². The Hall–Kier alpha value is -1.68. The Balaban J connectivity index is 1.98. The maximum atomic E-state index is 4.32. The first kappa shape index (κ1) is 11.4. The average molecular weight is 242 g/mol. The van der Waals surface area contributed by atoms with Crippen LogP contribution in [0.3, 0.4) is 0 Å². The number of hydrogen-bond acceptors (Lipinski definition) is 3. The summed E-state index contributed by atoms with van der Waals surface area (Å²) in [6, 6.07) is 2.04. The van der Waals surface area contributed by atoms with Crippen molar-refractivity contribution >= 4 is 0 Å². The van der Waals surface area contributed by atoms with Crippen LogP contribution in [0.1, 0.15) is 30.0 Å². The Labute approximate surface area is 107 Å². The Kier molecular flexibility index (Phi) is 3.11. The molecule has 1 aliphatic rings. The van der Waals surface area contributed by atoms with Gasteiger partial charge < -0.3 is 9.88 Å². The predicted molar refractivity (Wildman–Crippen MR) is 70.9 cm³/mol. The van der Waals surface area contributed by atoms with Crippen molar-refractivity contribution in [3.8, 4) is 5.69 Å². The van der Waals surface area contributed by atoms with Crippen LogP contribution >= 0.6 is 0 Å². The molecular formula is C14H18N4. The minimum Gasteiger partial charge on any atom is -0.316 e. The van der Waals surface area contributed by atoms with Gasteiger partial charge in [0, 0.05) is 30.6 Å². The summed E-state index contributed by atoms with van der Waals surface area (Å²) in [4.78, 5) is 8.55. The second-order valence-corrected chi connectivity index (χ2v) is 4.89. The average Bonchev–Trinajstić information content (AvgIpc) is 2.89. The molecular weight excluding hydrogens is 224 g/mol. The van der Waals surface area contributed by atoms with Crippen LogP contribution in [0.5, 0.6) is 0 Å². The van der Waals surface area contributed by atoms with E-state index >= 15 is 0 Å². The van der Waals surface area contributed by atoms with Crippen LogP contribution in [-0.4, -0.2) is 27.6 Å². The standard InChI is InChI=1S/C14H18N4/c1-11-4-6-16-8-13(11)18-10-17-9-14(18)12-3-2-5-15-7-12/h4,6,8-10,12,15H,2-3,5,7H2,1H3. The molecule has 18 heavy (non-hydrogen) atoms. The fraction of sp³-hybridized carbons (Fsp3) is 0.429. The van der Waals surface area contributed by atoms with Crippen molar-refractivity contribution in [3.63, 3.8) is 0 Å². The number of pyridine rings is 1. The van der Waals surface area contributed by atoms with Gasteiger partial charge in [-0.15, -0.1) is 0 Å². The zero-order chi connectivity index (χ0) is 12.4. The molecule has 1 saturated heterocycles. The maximum Gasteiger partial charge on any atom is 0.0994 e. The van der Waals surface area contributed by atoms with Gasteiger partial charge in [0.25, 0.3) is 0 Å². The summed E-state index contributed by atoms with van der Waals surface area (Å²) >= 11 is 0. The Bertz CT molecular complexity index is 526. The minimum atomic E-state index is 0.556. The molecule has 1 atom stereocenters. The van der Waals surface area contributed by atoms with E-state index in [1.807, 2.05) is 31.0 Å². The molecule has 1 fully saturated rings. The fourth-order valence-electron chi connectivity index (χ4n) is 2.62. The molecule has 0 saturated carbocycles. The van der Waals surface area contributed by atoms with Gasteiger partial charge >= 0.3 is 0 Å². The molecule has 4 heteroatoms. The lowest BCUT2D eigenvalue weighted by Crippen LogP contribution is -2.29. The summed E-state index contributed by atoms with van der Waals surface area (Å²) in [5, 5.41) is 3.46. The highest BCUT2D eigenvalue weighted by Crippen LogP contribution is 2.25. The van der Waals surface area contributed by atoms with E-state index in [4.69, 9.17) is 0 Å². The zero-order valence-electron chi connectivity index (χ0n) is 10.6. The van der Waals surface area contributed by atoms with Crippen molar-refractivity contribution in [2.45, 2.75) is 25.7 Å². The Morgan fingerprint density at radius 2 is 2.28 bits per heavy atom. The summed E-state index contributed by atoms with van der Waals surface area (Å²) in [5.41, 5.74) is 3.65. The monoisotopic (exact) mass is 242 g/mol. The van der Waals surface area contributed by atoms with E-state index in [-0.39, 0.29) is 0 Å². The normalized spacial score (nSPS) is 19.9. The van der Waals surface area contributed by atoms with E-state index in [1.54, 1.807) is 0 Å². The van der Waals surface area contributed by atoms with Crippen molar-refractivity contribution in [2.24, 2.45) is 0 Å². The van der Waals surface area contributed by atoms with Crippen LogP contribution in [0.4, 0.5) is 0 Å². The van der Waals surface area contributed by atoms with Gasteiger partial charge in [-0.1, -0.05) is 0 Å². The van der Waals surface area contributed by atoms with Crippen molar-refractivity contribution in [2.75, 3.05) is 13.1 Å². The molecule has 0 bridgehead atoms. The van der Waals surface area contributed by atoms with Crippen molar-refractivity contribution in [1.29, 1.82) is 0 Å². The second-order valence-electron chi connectivity index (χ2n) is 4.89. The van der Waals surface area contributed by atoms with Gasteiger partial charge in [0.1, 0.15) is 0 Å². The molecule has 1 unspecified atom stereocenters. The lowest BCUT2D eigenvalue weighted by atomic mass is 9.96. The van der Waals surface area contributed by atoms with Crippen LogP contribution in [0, 0.1) is 6.92 Å². The molecule has 2 aromatic heterocycles. The van der Waals surface area contributed by atoms with Crippen LogP contribution in [-0.2, 0) is 0 Å². The summed E-state index contributed by atoms with van der Waals surface area (Å²) < 4.78 is 2.18. The topological polar surface area (TPSA) is 42.7 Å². The minimum absolute atomic E-state index is 0.556. The van der Waals surface area contributed by atoms with Gasteiger partial charge in [0.15, 0.2) is 0 Å². The summed E-state index contributed by atoms with van der Waals surface area (Å²) in [7, 11) is 0. The highest BCUT2D eigenvalue weighted by Gasteiger charge is 2.19. The van der Waals surface area contributed by atoms with E-state index < -0.39 is 0 Å². The maximum absolute atomic E-state index is 4.32. The number of nitrogens with zero attached hydrogens (tertiary/aromatic N) is 3. The van der Waals surface area contributed by atoms with E-state index in [9.17, 15) is 0 Å². The molecule has 1 N–H and O–H groups in total. The first-order valence-electron chi connectivity index (χ1n) is 6.50. The number of hydrogen-bond donors (Lipinski definition) is 1. The van der Waals surface area contributed by atoms with Crippen molar-refractivity contribution < 1.29 is 0 Å². The molecule has 0 amide bonds. The van der Waals surface area contributed by atoms with E-state index in [0.29, 0.717) is 5.92 Å². The third kappa shape index (κ3) is 2.04. The molecule has 2 aromatic rings. The van der Waals surface area contributed by atoms with Gasteiger partial charge in [0.2, 0.25) is 0 Å². The van der Waals surface area contributed by atoms with E-state index in [0.717, 1.165) is 18.8 Å². The van der Waals surface area contributed by atoms with Crippen molar-refractivity contribution in [1.82, 2.24) is 19.9 Å². The SMILES string of the molecule is Cc1ccncc1-n1cncc1C1CCCNC1. The Morgan fingerprint density at radius 3 is 3.06 bits per heavy atom. The van der Waals surface area contributed by atoms with Crippen LogP contribution in [0.15, 0.2) is 31.0 Å². The molecule has 0 aromatic carbocycles. The summed E-state index contributed by atoms with van der Waals surface area (Å²) in [5.74, 6) is 0.556. The number of aryl methyl sites for hydroxylation is 1. The molecule has 94 valence electrons. The smallest absolute Gasteiger partial charge is 0.0994 e. The number of rotatable bonds is 2. The molecule has 0 spiro atoms. The van der Waals surface area contributed by atoms with Crippen LogP contribution in [0.25, 0.3) is 5.69 Å². The molecule has 1 aliphatic heterocycles. The van der Waals surface area contributed by atoms with Gasteiger partial charge in [-0.2, -0.15) is 0 Å². The molecule has 3 heterocycles. The molecule has 0 aliphatic carbocycles. The Morgan fingerprint density at radius 1 is 1.33 bits per heavy atom. The van der Waals surface area contributed by atoms with Gasteiger partial charge in [-0.05, 0) is 37.9 Å². The summed E-state index contributed by atoms with van der Waals surface area (Å²) in [6.07, 6.45) is 10.1. The molecule has 0 radical (unpaired) electrons. The summed E-state index contributed by atoms with van der Waals surface area (Å²) in [6.45, 7) is 4.29. The highest BCUT2D eigenvalue weighted by molar-refractivity contribution is 5.39. The van der Waals surface area contributed by atoms with Gasteiger partial charge in [0.05, 0.1) is 18.2 Å². The lowest BCUT2D eigenvalue weighted by molar-refractivity contribution is 0.451. The zero-order valence-corrected chi connectivity index (χ0v) is 10.6. The third-order valence-electron chi connectivity index (χ3n) is 3.65. The number of nitrogens with one attached hydrogen (secondary N) is 1. The number of imidazole rings is 1. The quantitative estimate of drug-likeness (QED) is 0.876. The number of piperidine rings is 1. The third-order valence-corrected chi connectivity index (χ3v) is 3.65. The van der Waals surface area contributed by atoms with Gasteiger partial charge in [-0.25, -0.2) is 4.98 Å². The van der Waals surface area contributed by atoms with Crippen molar-refractivity contribution in [3.05, 3.63) is 42.2 Å². The first-order valence-corrected chi connectivity index (χ1v) is 6.50.